The van der Waals surface area contributed by atoms with Crippen LogP contribution in [0, 0.1) is 0 Å². The van der Waals surface area contributed by atoms with Gasteiger partial charge in [-0.15, -0.1) is 0 Å². The molecule has 210 valence electrons. The molecule has 1 N–H and O–H groups in total. The molecule has 0 fully saturated rings. The van der Waals surface area contributed by atoms with Crippen LogP contribution in [0.5, 0.6) is 0 Å². The Morgan fingerprint density at radius 2 is 1.20 bits per heavy atom. The van der Waals surface area contributed by atoms with E-state index in [9.17, 15) is 9.90 Å². The molecule has 0 aromatic heterocycles. The van der Waals surface area contributed by atoms with Crippen LogP contribution in [-0.2, 0) is 14.3 Å². The van der Waals surface area contributed by atoms with E-state index in [4.69, 9.17) is 9.47 Å². The van der Waals surface area contributed by atoms with Gasteiger partial charge in [0.2, 0.25) is 0 Å². The summed E-state index contributed by atoms with van der Waals surface area (Å²) in [5.41, 5.74) is 0. The lowest BCUT2D eigenvalue weighted by Crippen LogP contribution is -2.29. The maximum Gasteiger partial charge on any atom is 0.306 e. The highest BCUT2D eigenvalue weighted by Gasteiger charge is 2.14. The van der Waals surface area contributed by atoms with Gasteiger partial charge in [0.05, 0.1) is 6.61 Å². The fourth-order valence-electron chi connectivity index (χ4n) is 4.65. The van der Waals surface area contributed by atoms with Crippen LogP contribution in [0.15, 0.2) is 0 Å². The minimum Gasteiger partial charge on any atom is -0.462 e. The van der Waals surface area contributed by atoms with E-state index >= 15 is 0 Å². The van der Waals surface area contributed by atoms with Crippen LogP contribution in [0.2, 0.25) is 0 Å². The molecule has 0 aliphatic carbocycles. The summed E-state index contributed by atoms with van der Waals surface area (Å²) in [5, 5.41) is 9.36. The first-order chi connectivity index (χ1) is 17.2. The Morgan fingerprint density at radius 3 is 1.80 bits per heavy atom. The van der Waals surface area contributed by atoms with Gasteiger partial charge in [0.1, 0.15) is 6.10 Å². The molecule has 5 heteroatoms. The minimum atomic E-state index is 0.0123. The highest BCUT2D eigenvalue weighted by Crippen LogP contribution is 2.17. The zero-order valence-corrected chi connectivity index (χ0v) is 23.9. The zero-order chi connectivity index (χ0) is 25.8. The first-order valence-electron chi connectivity index (χ1n) is 15.2. The first-order valence-corrected chi connectivity index (χ1v) is 15.2. The molecular weight excluding hydrogens is 438 g/mol. The summed E-state index contributed by atoms with van der Waals surface area (Å²) in [7, 11) is 1.77. The second-order valence-corrected chi connectivity index (χ2v) is 10.3. The number of carbonyl (C=O) groups excluding carboxylic acids is 1. The summed E-state index contributed by atoms with van der Waals surface area (Å²) < 4.78 is 11.0. The second kappa shape index (κ2) is 27.9. The van der Waals surface area contributed by atoms with Gasteiger partial charge in [-0.2, -0.15) is 0 Å². The van der Waals surface area contributed by atoms with Gasteiger partial charge in [0, 0.05) is 26.7 Å². The summed E-state index contributed by atoms with van der Waals surface area (Å²) in [5.74, 6) is 0.0123. The molecule has 0 bridgehead atoms. The number of hydrogen-bond donors (Lipinski definition) is 1. The number of ether oxygens (including phenoxy) is 2. The van der Waals surface area contributed by atoms with Crippen molar-refractivity contribution in [3.8, 4) is 0 Å². The van der Waals surface area contributed by atoms with Gasteiger partial charge in [-0.05, 0) is 64.5 Å². The number of aliphatic hydroxyl groups excluding tert-OH is 1. The van der Waals surface area contributed by atoms with Gasteiger partial charge in [0.25, 0.3) is 0 Å². The minimum absolute atomic E-state index is 0.0123. The molecule has 5 nitrogen and oxygen atoms in total. The molecule has 1 unspecified atom stereocenters. The van der Waals surface area contributed by atoms with Crippen LogP contribution in [0.1, 0.15) is 142 Å². The number of unbranched alkanes of at least 4 members (excludes halogenated alkanes) is 13. The monoisotopic (exact) mass is 499 g/mol. The summed E-state index contributed by atoms with van der Waals surface area (Å²) in [4.78, 5) is 14.8. The Balaban J connectivity index is 3.87. The van der Waals surface area contributed by atoms with Crippen molar-refractivity contribution in [1.29, 1.82) is 0 Å². The van der Waals surface area contributed by atoms with Gasteiger partial charge >= 0.3 is 5.97 Å². The molecule has 1 atom stereocenters. The second-order valence-electron chi connectivity index (χ2n) is 10.3. The molecule has 0 saturated heterocycles. The van der Waals surface area contributed by atoms with E-state index in [2.05, 4.69) is 18.7 Å². The van der Waals surface area contributed by atoms with Crippen LogP contribution in [0.25, 0.3) is 0 Å². The molecule has 0 rings (SSSR count). The van der Waals surface area contributed by atoms with E-state index in [1.165, 1.54) is 89.9 Å². The van der Waals surface area contributed by atoms with Crippen LogP contribution in [0.3, 0.4) is 0 Å². The molecule has 0 aliphatic heterocycles. The van der Waals surface area contributed by atoms with E-state index in [1.807, 2.05) is 0 Å². The third-order valence-corrected chi connectivity index (χ3v) is 6.90. The largest absolute Gasteiger partial charge is 0.462 e. The Morgan fingerprint density at radius 1 is 0.686 bits per heavy atom. The smallest absolute Gasteiger partial charge is 0.306 e. The number of esters is 1. The van der Waals surface area contributed by atoms with Crippen LogP contribution < -0.4 is 0 Å². The van der Waals surface area contributed by atoms with Crippen molar-refractivity contribution in [2.75, 3.05) is 40.0 Å². The Labute approximate surface area is 218 Å². The van der Waals surface area contributed by atoms with E-state index in [-0.39, 0.29) is 18.7 Å². The van der Waals surface area contributed by atoms with Crippen molar-refractivity contribution in [3.05, 3.63) is 0 Å². The summed E-state index contributed by atoms with van der Waals surface area (Å²) >= 11 is 0. The molecule has 0 aromatic rings. The van der Waals surface area contributed by atoms with Crippen LogP contribution in [-0.4, -0.2) is 62.0 Å². The van der Waals surface area contributed by atoms with Gasteiger partial charge in [-0.1, -0.05) is 84.5 Å². The van der Waals surface area contributed by atoms with E-state index < -0.39 is 0 Å². The molecular formula is C30H61NO4. The van der Waals surface area contributed by atoms with E-state index in [0.29, 0.717) is 6.42 Å². The molecule has 0 spiro atoms. The van der Waals surface area contributed by atoms with Gasteiger partial charge in [-0.25, -0.2) is 0 Å². The lowest BCUT2D eigenvalue weighted by atomic mass is 10.0. The standard InChI is InChI=1S/C30H61NO4/c1-4-6-8-16-22-29(21-15-7-5-2)35-30(33)23-17-11-9-12-18-24-31(26-27-32)25-19-13-10-14-20-28-34-3/h29,32H,4-28H2,1-3H3. The van der Waals surface area contributed by atoms with Crippen molar-refractivity contribution in [2.24, 2.45) is 0 Å². The number of methoxy groups -OCH3 is 1. The van der Waals surface area contributed by atoms with E-state index in [0.717, 1.165) is 58.3 Å². The van der Waals surface area contributed by atoms with Gasteiger partial charge in [-0.3, -0.25) is 4.79 Å². The Kier molecular flexibility index (Phi) is 27.4. The summed E-state index contributed by atoms with van der Waals surface area (Å²) in [6, 6.07) is 0. The van der Waals surface area contributed by atoms with Crippen molar-refractivity contribution in [1.82, 2.24) is 4.90 Å². The number of nitrogens with zero attached hydrogens (tertiary/aromatic N) is 1. The lowest BCUT2D eigenvalue weighted by molar-refractivity contribution is -0.150. The molecule has 35 heavy (non-hydrogen) atoms. The Bertz CT molecular complexity index is 433. The van der Waals surface area contributed by atoms with Gasteiger partial charge in [0.15, 0.2) is 0 Å². The predicted molar refractivity (Wildman–Crippen MR) is 149 cm³/mol. The number of aliphatic hydroxyl groups is 1. The topological polar surface area (TPSA) is 59.0 Å². The molecule has 0 heterocycles. The predicted octanol–water partition coefficient (Wildman–Crippen LogP) is 7.68. The first kappa shape index (κ1) is 34.4. The maximum atomic E-state index is 12.4. The SMILES string of the molecule is CCCCCCC(CCCCC)OC(=O)CCCCCCCN(CCO)CCCCCCCOC. The normalized spacial score (nSPS) is 12.4. The zero-order valence-electron chi connectivity index (χ0n) is 23.9. The fraction of sp³-hybridized carbons (Fsp3) is 0.967. The number of rotatable bonds is 28. The van der Waals surface area contributed by atoms with E-state index in [1.54, 1.807) is 7.11 Å². The molecule has 0 saturated carbocycles. The van der Waals surface area contributed by atoms with Crippen molar-refractivity contribution in [2.45, 2.75) is 148 Å². The maximum absolute atomic E-state index is 12.4. The third kappa shape index (κ3) is 24.8. The van der Waals surface area contributed by atoms with Crippen molar-refractivity contribution < 1.29 is 19.4 Å². The van der Waals surface area contributed by atoms with Crippen LogP contribution in [0.4, 0.5) is 0 Å². The Hall–Kier alpha value is -0.650. The van der Waals surface area contributed by atoms with Crippen molar-refractivity contribution in [3.63, 3.8) is 0 Å². The quantitative estimate of drug-likeness (QED) is 0.0883. The van der Waals surface area contributed by atoms with Crippen molar-refractivity contribution >= 4 is 5.97 Å². The lowest BCUT2D eigenvalue weighted by Gasteiger charge is -2.21. The average molecular weight is 500 g/mol. The number of hydrogen-bond acceptors (Lipinski definition) is 5. The highest BCUT2D eigenvalue weighted by atomic mass is 16.5. The third-order valence-electron chi connectivity index (χ3n) is 6.90. The highest BCUT2D eigenvalue weighted by molar-refractivity contribution is 5.69. The number of carbonyl (C=O) groups is 1. The van der Waals surface area contributed by atoms with Gasteiger partial charge < -0.3 is 19.5 Å². The molecule has 0 aromatic carbocycles. The molecule has 0 aliphatic rings. The molecule has 0 radical (unpaired) electrons. The molecule has 0 amide bonds. The average Bonchev–Trinajstić information content (AvgIpc) is 2.85. The van der Waals surface area contributed by atoms with Crippen LogP contribution >= 0.6 is 0 Å². The summed E-state index contributed by atoms with van der Waals surface area (Å²) in [6.07, 6.45) is 23.1. The summed E-state index contributed by atoms with van der Waals surface area (Å²) in [6.45, 7) is 8.52. The fourth-order valence-corrected chi connectivity index (χ4v) is 4.65.